The normalized spacial score (nSPS) is 11.4. The first-order valence-corrected chi connectivity index (χ1v) is 3.50. The van der Waals surface area contributed by atoms with Crippen molar-refractivity contribution < 1.29 is 17.9 Å². The maximum Gasteiger partial charge on any atom is 0.573 e. The van der Waals surface area contributed by atoms with Gasteiger partial charge in [0.25, 0.3) is 0 Å². The largest absolute Gasteiger partial charge is 0.573 e. The van der Waals surface area contributed by atoms with E-state index in [-0.39, 0.29) is 12.3 Å². The molecule has 0 amide bonds. The minimum atomic E-state index is -4.65. The average Bonchev–Trinajstić information content (AvgIpc) is 2.03. The van der Waals surface area contributed by atoms with Gasteiger partial charge in [0.15, 0.2) is 0 Å². The van der Waals surface area contributed by atoms with Crippen molar-refractivity contribution in [3.05, 3.63) is 29.8 Å². The third-order valence-electron chi connectivity index (χ3n) is 1.36. The summed E-state index contributed by atoms with van der Waals surface area (Å²) in [5.74, 6) is -0.260. The van der Waals surface area contributed by atoms with E-state index >= 15 is 0 Å². The van der Waals surface area contributed by atoms with Crippen LogP contribution in [0.2, 0.25) is 0 Å². The third-order valence-corrected chi connectivity index (χ3v) is 1.36. The number of alkyl halides is 3. The van der Waals surface area contributed by atoms with Gasteiger partial charge in [0.05, 0.1) is 0 Å². The SMILES string of the molecule is [NH]Cc1ccc(OC(F)(F)F)cc1. The number of ether oxygens (including phenoxy) is 1. The first-order valence-electron chi connectivity index (χ1n) is 3.50. The molecular formula is C8H7F3NO. The van der Waals surface area contributed by atoms with Gasteiger partial charge in [-0.3, -0.25) is 5.73 Å². The van der Waals surface area contributed by atoms with Crippen molar-refractivity contribution in [2.75, 3.05) is 0 Å². The highest BCUT2D eigenvalue weighted by molar-refractivity contribution is 5.27. The van der Waals surface area contributed by atoms with Crippen LogP contribution in [0.25, 0.3) is 0 Å². The number of nitrogens with one attached hydrogen (secondary N) is 1. The summed E-state index contributed by atoms with van der Waals surface area (Å²) < 4.78 is 38.6. The molecule has 1 N–H and O–H groups in total. The molecule has 1 aromatic rings. The molecule has 0 heterocycles. The smallest absolute Gasteiger partial charge is 0.406 e. The molecule has 0 aromatic heterocycles. The number of benzene rings is 1. The van der Waals surface area contributed by atoms with Crippen molar-refractivity contribution in [2.24, 2.45) is 0 Å². The molecule has 0 aliphatic carbocycles. The highest BCUT2D eigenvalue weighted by Crippen LogP contribution is 2.22. The van der Waals surface area contributed by atoms with Gasteiger partial charge in [-0.05, 0) is 17.7 Å². The molecule has 0 bridgehead atoms. The second-order valence-electron chi connectivity index (χ2n) is 2.37. The van der Waals surface area contributed by atoms with E-state index in [1.165, 1.54) is 24.3 Å². The summed E-state index contributed by atoms with van der Waals surface area (Å²) in [6.07, 6.45) is -4.65. The maximum absolute atomic E-state index is 11.7. The molecule has 0 aliphatic rings. The second kappa shape index (κ2) is 3.66. The van der Waals surface area contributed by atoms with Crippen molar-refractivity contribution >= 4 is 0 Å². The average molecular weight is 190 g/mol. The van der Waals surface area contributed by atoms with Crippen molar-refractivity contribution in [1.82, 2.24) is 5.73 Å². The molecule has 0 atom stereocenters. The standard InChI is InChI=1S/C8H7F3NO/c9-8(10,11)13-7-3-1-6(5-12)2-4-7/h1-4,12H,5H2. The van der Waals surface area contributed by atoms with Crippen LogP contribution in [0.4, 0.5) is 13.2 Å². The van der Waals surface area contributed by atoms with Crippen LogP contribution in [0.5, 0.6) is 5.75 Å². The van der Waals surface area contributed by atoms with Crippen LogP contribution in [-0.4, -0.2) is 6.36 Å². The number of hydrogen-bond donors (Lipinski definition) is 0. The van der Waals surface area contributed by atoms with Crippen molar-refractivity contribution in [3.8, 4) is 5.75 Å². The Morgan fingerprint density at radius 2 is 1.69 bits per heavy atom. The van der Waals surface area contributed by atoms with Crippen molar-refractivity contribution in [3.63, 3.8) is 0 Å². The van der Waals surface area contributed by atoms with Crippen molar-refractivity contribution in [1.29, 1.82) is 0 Å². The molecule has 0 spiro atoms. The molecule has 2 nitrogen and oxygen atoms in total. The number of halogens is 3. The van der Waals surface area contributed by atoms with E-state index in [0.29, 0.717) is 5.56 Å². The summed E-state index contributed by atoms with van der Waals surface area (Å²) in [5.41, 5.74) is 7.58. The van der Waals surface area contributed by atoms with Gasteiger partial charge in [0, 0.05) is 6.54 Å². The van der Waals surface area contributed by atoms with Crippen LogP contribution < -0.4 is 10.5 Å². The minimum Gasteiger partial charge on any atom is -0.406 e. The quantitative estimate of drug-likeness (QED) is 0.704. The van der Waals surface area contributed by atoms with E-state index in [1.54, 1.807) is 0 Å². The zero-order valence-electron chi connectivity index (χ0n) is 6.56. The molecular weight excluding hydrogens is 183 g/mol. The maximum atomic E-state index is 11.7. The molecule has 13 heavy (non-hydrogen) atoms. The summed E-state index contributed by atoms with van der Waals surface area (Å²) in [5, 5.41) is 0. The summed E-state index contributed by atoms with van der Waals surface area (Å²) >= 11 is 0. The van der Waals surface area contributed by atoms with E-state index in [9.17, 15) is 13.2 Å². The summed E-state index contributed by atoms with van der Waals surface area (Å²) in [6.45, 7) is 0.0479. The van der Waals surface area contributed by atoms with Crippen LogP contribution >= 0.6 is 0 Å². The molecule has 0 unspecified atom stereocenters. The number of hydrogen-bond acceptors (Lipinski definition) is 1. The number of rotatable bonds is 2. The Labute approximate surface area is 73.1 Å². The lowest BCUT2D eigenvalue weighted by Gasteiger charge is -2.08. The van der Waals surface area contributed by atoms with E-state index in [0.717, 1.165) is 0 Å². The minimum absolute atomic E-state index is 0.0479. The fourth-order valence-corrected chi connectivity index (χ4v) is 0.809. The Morgan fingerprint density at radius 1 is 1.15 bits per heavy atom. The fraction of sp³-hybridized carbons (Fsp3) is 0.250. The predicted octanol–water partition coefficient (Wildman–Crippen LogP) is 2.37. The molecule has 0 aliphatic heterocycles. The molecule has 1 rings (SSSR count). The first kappa shape index (κ1) is 9.85. The lowest BCUT2D eigenvalue weighted by molar-refractivity contribution is -0.274. The van der Waals surface area contributed by atoms with Gasteiger partial charge >= 0.3 is 6.36 Å². The van der Waals surface area contributed by atoms with Crippen molar-refractivity contribution in [2.45, 2.75) is 12.9 Å². The summed E-state index contributed by atoms with van der Waals surface area (Å²) in [4.78, 5) is 0. The van der Waals surface area contributed by atoms with Crippen LogP contribution in [0.1, 0.15) is 5.56 Å². The van der Waals surface area contributed by atoms with Gasteiger partial charge in [-0.25, -0.2) is 0 Å². The zero-order valence-corrected chi connectivity index (χ0v) is 6.56. The third kappa shape index (κ3) is 3.33. The van der Waals surface area contributed by atoms with Crippen LogP contribution in [0, 0.1) is 0 Å². The highest BCUT2D eigenvalue weighted by atomic mass is 19.4. The topological polar surface area (TPSA) is 33.0 Å². The first-order chi connectivity index (χ1) is 6.01. The van der Waals surface area contributed by atoms with Gasteiger partial charge in [-0.1, -0.05) is 12.1 Å². The molecule has 1 aromatic carbocycles. The molecule has 0 saturated heterocycles. The summed E-state index contributed by atoms with van der Waals surface area (Å²) in [6, 6.07) is 5.23. The Morgan fingerprint density at radius 3 is 2.08 bits per heavy atom. The highest BCUT2D eigenvalue weighted by Gasteiger charge is 2.30. The molecule has 5 heteroatoms. The van der Waals surface area contributed by atoms with Gasteiger partial charge in [-0.15, -0.1) is 13.2 Å². The fourth-order valence-electron chi connectivity index (χ4n) is 0.809. The van der Waals surface area contributed by atoms with Gasteiger partial charge < -0.3 is 4.74 Å². The van der Waals surface area contributed by atoms with E-state index < -0.39 is 6.36 Å². The summed E-state index contributed by atoms with van der Waals surface area (Å²) in [7, 11) is 0. The zero-order chi connectivity index (χ0) is 9.90. The van der Waals surface area contributed by atoms with Crippen LogP contribution in [0.3, 0.4) is 0 Å². The predicted molar refractivity (Wildman–Crippen MR) is 39.9 cm³/mol. The second-order valence-corrected chi connectivity index (χ2v) is 2.37. The van der Waals surface area contributed by atoms with Gasteiger partial charge in [-0.2, -0.15) is 0 Å². The van der Waals surface area contributed by atoms with Gasteiger partial charge in [0.2, 0.25) is 0 Å². The van der Waals surface area contributed by atoms with E-state index in [4.69, 9.17) is 5.73 Å². The van der Waals surface area contributed by atoms with Gasteiger partial charge in [0.1, 0.15) is 5.75 Å². The monoisotopic (exact) mass is 190 g/mol. The lowest BCUT2D eigenvalue weighted by Crippen LogP contribution is -2.17. The Kier molecular flexibility index (Phi) is 2.77. The Hall–Kier alpha value is -1.23. The Bertz CT molecular complexity index is 268. The van der Waals surface area contributed by atoms with Crippen LogP contribution in [-0.2, 0) is 6.54 Å². The molecule has 1 radical (unpaired) electrons. The lowest BCUT2D eigenvalue weighted by atomic mass is 10.2. The van der Waals surface area contributed by atoms with E-state index in [2.05, 4.69) is 4.74 Å². The molecule has 71 valence electrons. The Balaban J connectivity index is 2.70. The molecule has 0 saturated carbocycles. The molecule has 0 fully saturated rings. The van der Waals surface area contributed by atoms with Crippen LogP contribution in [0.15, 0.2) is 24.3 Å². The van der Waals surface area contributed by atoms with E-state index in [1.807, 2.05) is 0 Å².